The smallest absolute Gasteiger partial charge is 0.381 e. The number of fused-ring (bicyclic) bond motifs is 1. The van der Waals surface area contributed by atoms with Crippen LogP contribution < -0.4 is 0 Å². The molecule has 0 radical (unpaired) electrons. The molecule has 27 heavy (non-hydrogen) atoms. The van der Waals surface area contributed by atoms with Gasteiger partial charge < -0.3 is 4.74 Å². The van der Waals surface area contributed by atoms with Gasteiger partial charge >= 0.3 is 6.18 Å². The van der Waals surface area contributed by atoms with Crippen LogP contribution in [0.15, 0.2) is 12.1 Å². The molecule has 2 aliphatic rings. The minimum atomic E-state index is -4.47. The first kappa shape index (κ1) is 18.7. The molecule has 0 aliphatic carbocycles. The summed E-state index contributed by atoms with van der Waals surface area (Å²) in [6, 6.07) is 2.90. The van der Waals surface area contributed by atoms with Crippen LogP contribution in [0.4, 0.5) is 13.2 Å². The summed E-state index contributed by atoms with van der Waals surface area (Å²) in [4.78, 5) is 6.78. The summed E-state index contributed by atoms with van der Waals surface area (Å²) in [6.45, 7) is 7.12. The fourth-order valence-electron chi connectivity index (χ4n) is 4.11. The van der Waals surface area contributed by atoms with Gasteiger partial charge in [-0.3, -0.25) is 4.90 Å². The van der Waals surface area contributed by atoms with E-state index in [9.17, 15) is 13.2 Å². The molecule has 0 spiro atoms. The molecular weight excluding hydrogens is 357 g/mol. The Labute approximate surface area is 156 Å². The van der Waals surface area contributed by atoms with Gasteiger partial charge in [-0.05, 0) is 43.7 Å². The zero-order valence-electron chi connectivity index (χ0n) is 15.7. The number of alkyl halides is 3. The van der Waals surface area contributed by atoms with Gasteiger partial charge in [-0.15, -0.1) is 0 Å². The minimum Gasteiger partial charge on any atom is -0.381 e. The van der Waals surface area contributed by atoms with Crippen LogP contribution in [-0.2, 0) is 10.9 Å². The van der Waals surface area contributed by atoms with Gasteiger partial charge in [-0.25, -0.2) is 9.50 Å². The summed E-state index contributed by atoms with van der Waals surface area (Å²) in [5.74, 6) is 0.416. The predicted molar refractivity (Wildman–Crippen MR) is 94.6 cm³/mol. The van der Waals surface area contributed by atoms with Crippen LogP contribution in [0.2, 0.25) is 0 Å². The molecule has 0 N–H and O–H groups in total. The number of aromatic nitrogens is 3. The topological polar surface area (TPSA) is 42.7 Å². The van der Waals surface area contributed by atoms with Gasteiger partial charge in [0, 0.05) is 24.9 Å². The van der Waals surface area contributed by atoms with Crippen molar-refractivity contribution in [1.82, 2.24) is 19.5 Å². The van der Waals surface area contributed by atoms with Crippen molar-refractivity contribution in [1.29, 1.82) is 0 Å². The SMILES string of the molecule is CC(C)c1cc(C(F)(F)F)n2nc([C@H]3CCCN3C[C@@H]3CCOC3)cc2n1. The van der Waals surface area contributed by atoms with Crippen molar-refractivity contribution in [2.24, 2.45) is 5.92 Å². The first-order valence-electron chi connectivity index (χ1n) is 9.62. The highest BCUT2D eigenvalue weighted by atomic mass is 19.4. The highest BCUT2D eigenvalue weighted by Gasteiger charge is 2.37. The van der Waals surface area contributed by atoms with Crippen LogP contribution >= 0.6 is 0 Å². The summed E-state index contributed by atoms with van der Waals surface area (Å²) < 4.78 is 47.2. The largest absolute Gasteiger partial charge is 0.433 e. The summed E-state index contributed by atoms with van der Waals surface area (Å²) in [7, 11) is 0. The lowest BCUT2D eigenvalue weighted by molar-refractivity contribution is -0.142. The summed E-state index contributed by atoms with van der Waals surface area (Å²) >= 11 is 0. The maximum absolute atomic E-state index is 13.6. The van der Waals surface area contributed by atoms with Crippen molar-refractivity contribution < 1.29 is 17.9 Å². The van der Waals surface area contributed by atoms with E-state index >= 15 is 0 Å². The number of halogens is 3. The second kappa shape index (κ2) is 7.05. The lowest BCUT2D eigenvalue weighted by atomic mass is 10.1. The maximum atomic E-state index is 13.6. The third-order valence-corrected chi connectivity index (χ3v) is 5.57. The average molecular weight is 382 g/mol. The Kier molecular flexibility index (Phi) is 4.88. The van der Waals surface area contributed by atoms with Crippen LogP contribution in [0.3, 0.4) is 0 Å². The molecule has 0 bridgehead atoms. The lowest BCUT2D eigenvalue weighted by Gasteiger charge is -2.25. The van der Waals surface area contributed by atoms with Crippen molar-refractivity contribution in [3.63, 3.8) is 0 Å². The van der Waals surface area contributed by atoms with Crippen molar-refractivity contribution in [2.75, 3.05) is 26.3 Å². The van der Waals surface area contributed by atoms with Crippen molar-refractivity contribution in [3.8, 4) is 0 Å². The van der Waals surface area contributed by atoms with Gasteiger partial charge in [-0.1, -0.05) is 13.8 Å². The van der Waals surface area contributed by atoms with E-state index in [1.54, 1.807) is 6.07 Å². The molecule has 2 saturated heterocycles. The van der Waals surface area contributed by atoms with E-state index in [4.69, 9.17) is 4.74 Å². The molecule has 2 fully saturated rings. The Balaban J connectivity index is 1.69. The molecule has 0 unspecified atom stereocenters. The maximum Gasteiger partial charge on any atom is 0.433 e. The number of nitrogens with zero attached hydrogens (tertiary/aromatic N) is 4. The number of likely N-dealkylation sites (tertiary alicyclic amines) is 1. The van der Waals surface area contributed by atoms with Crippen LogP contribution in [0, 0.1) is 5.92 Å². The fourth-order valence-corrected chi connectivity index (χ4v) is 4.11. The van der Waals surface area contributed by atoms with E-state index in [-0.39, 0.29) is 17.6 Å². The second-order valence-corrected chi connectivity index (χ2v) is 7.94. The van der Waals surface area contributed by atoms with E-state index in [0.29, 0.717) is 17.3 Å². The van der Waals surface area contributed by atoms with E-state index in [1.165, 1.54) is 0 Å². The number of rotatable bonds is 4. The van der Waals surface area contributed by atoms with E-state index < -0.39 is 11.9 Å². The van der Waals surface area contributed by atoms with Gasteiger partial charge in [0.2, 0.25) is 0 Å². The molecule has 4 heterocycles. The second-order valence-electron chi connectivity index (χ2n) is 7.94. The van der Waals surface area contributed by atoms with E-state index in [2.05, 4.69) is 15.0 Å². The van der Waals surface area contributed by atoms with Gasteiger partial charge in [0.25, 0.3) is 0 Å². The predicted octanol–water partition coefficient (Wildman–Crippen LogP) is 4.04. The molecule has 0 aromatic carbocycles. The monoisotopic (exact) mass is 382 g/mol. The summed E-state index contributed by atoms with van der Waals surface area (Å²) in [5.41, 5.74) is 0.647. The molecule has 2 aromatic rings. The molecule has 2 aliphatic heterocycles. The van der Waals surface area contributed by atoms with Crippen molar-refractivity contribution in [3.05, 3.63) is 29.2 Å². The molecule has 4 rings (SSSR count). The molecule has 5 nitrogen and oxygen atoms in total. The Morgan fingerprint density at radius 1 is 1.26 bits per heavy atom. The van der Waals surface area contributed by atoms with Crippen LogP contribution in [0.25, 0.3) is 5.65 Å². The summed E-state index contributed by atoms with van der Waals surface area (Å²) in [6.07, 6.45) is -1.48. The van der Waals surface area contributed by atoms with Gasteiger partial charge in [-0.2, -0.15) is 18.3 Å². The first-order valence-corrected chi connectivity index (χ1v) is 9.62. The zero-order chi connectivity index (χ0) is 19.2. The summed E-state index contributed by atoms with van der Waals surface area (Å²) in [5, 5.41) is 4.35. The Hall–Kier alpha value is -1.67. The van der Waals surface area contributed by atoms with Crippen LogP contribution in [0.1, 0.15) is 62.2 Å². The quantitative estimate of drug-likeness (QED) is 0.800. The highest BCUT2D eigenvalue weighted by molar-refractivity contribution is 5.44. The third-order valence-electron chi connectivity index (χ3n) is 5.57. The van der Waals surface area contributed by atoms with Gasteiger partial charge in [0.05, 0.1) is 18.3 Å². The normalized spacial score (nSPS) is 24.5. The molecule has 148 valence electrons. The molecule has 2 aromatic heterocycles. The lowest BCUT2D eigenvalue weighted by Crippen LogP contribution is -2.29. The van der Waals surface area contributed by atoms with Gasteiger partial charge in [0.1, 0.15) is 5.69 Å². The number of hydrogen-bond donors (Lipinski definition) is 0. The minimum absolute atomic E-state index is 0.0517. The number of hydrogen-bond acceptors (Lipinski definition) is 4. The van der Waals surface area contributed by atoms with Crippen LogP contribution in [-0.4, -0.2) is 45.8 Å². The van der Waals surface area contributed by atoms with E-state index in [0.717, 1.165) is 56.1 Å². The van der Waals surface area contributed by atoms with E-state index in [1.807, 2.05) is 13.8 Å². The molecule has 2 atom stereocenters. The molecule has 0 amide bonds. The van der Waals surface area contributed by atoms with Crippen molar-refractivity contribution in [2.45, 2.75) is 51.2 Å². The average Bonchev–Trinajstić information content (AvgIpc) is 3.33. The highest BCUT2D eigenvalue weighted by Crippen LogP contribution is 2.35. The Morgan fingerprint density at radius 2 is 2.07 bits per heavy atom. The first-order chi connectivity index (χ1) is 12.8. The molecule has 8 heteroatoms. The third kappa shape index (κ3) is 3.69. The molecular formula is C19H25F3N4O. The number of ether oxygens (including phenoxy) is 1. The Bertz CT molecular complexity index is 811. The molecule has 0 saturated carbocycles. The van der Waals surface area contributed by atoms with Crippen LogP contribution in [0.5, 0.6) is 0 Å². The van der Waals surface area contributed by atoms with Crippen molar-refractivity contribution >= 4 is 5.65 Å². The zero-order valence-corrected chi connectivity index (χ0v) is 15.7. The standard InChI is InChI=1S/C19H25F3N4O/c1-12(2)14-8-17(19(20,21)22)26-18(23-14)9-15(24-26)16-4-3-6-25(16)10-13-5-7-27-11-13/h8-9,12-13,16H,3-7,10-11H2,1-2H3/t13-,16+/m0/s1. The van der Waals surface area contributed by atoms with Gasteiger partial charge in [0.15, 0.2) is 5.65 Å². The fraction of sp³-hybridized carbons (Fsp3) is 0.684. The Morgan fingerprint density at radius 3 is 2.74 bits per heavy atom.